The van der Waals surface area contributed by atoms with Crippen LogP contribution in [0.15, 0.2) is 170 Å². The third-order valence-corrected chi connectivity index (χ3v) is 14.7. The highest BCUT2D eigenvalue weighted by Crippen LogP contribution is 2.38. The van der Waals surface area contributed by atoms with Gasteiger partial charge in [-0.3, -0.25) is 14.2 Å². The Kier molecular flexibility index (Phi) is 61.3. The summed E-state index contributed by atoms with van der Waals surface area (Å²) in [6, 6.07) is 0. The number of quaternary nitrogens is 1. The molecule has 0 fully saturated rings. The Balaban J connectivity index is 4.16. The van der Waals surface area contributed by atoms with Gasteiger partial charge in [0.15, 0.2) is 6.10 Å². The van der Waals surface area contributed by atoms with Crippen LogP contribution in [0.5, 0.6) is 0 Å². The van der Waals surface area contributed by atoms with Crippen molar-refractivity contribution in [2.75, 3.05) is 47.5 Å². The summed E-state index contributed by atoms with van der Waals surface area (Å²) in [6.07, 6.45) is 98.4. The van der Waals surface area contributed by atoms with Gasteiger partial charge in [-0.2, -0.15) is 0 Å². The van der Waals surface area contributed by atoms with Gasteiger partial charge < -0.3 is 27.9 Å². The van der Waals surface area contributed by atoms with E-state index in [0.29, 0.717) is 23.9 Å². The first-order chi connectivity index (χ1) is 42.0. The number of phosphoric ester groups is 1. The Labute approximate surface area is 528 Å². The minimum Gasteiger partial charge on any atom is -0.756 e. The van der Waals surface area contributed by atoms with E-state index in [-0.39, 0.29) is 26.1 Å². The minimum absolute atomic E-state index is 0.0423. The molecule has 0 spiro atoms. The van der Waals surface area contributed by atoms with Crippen molar-refractivity contribution in [2.45, 2.75) is 251 Å². The normalized spacial score (nSPS) is 14.3. The molecule has 0 aromatic carbocycles. The van der Waals surface area contributed by atoms with Gasteiger partial charge in [0.25, 0.3) is 7.82 Å². The van der Waals surface area contributed by atoms with Crippen LogP contribution in [0.25, 0.3) is 0 Å². The zero-order valence-corrected chi connectivity index (χ0v) is 56.1. The molecule has 86 heavy (non-hydrogen) atoms. The molecule has 0 aromatic heterocycles. The van der Waals surface area contributed by atoms with Gasteiger partial charge in [0.1, 0.15) is 19.8 Å². The molecule has 9 nitrogen and oxygen atoms in total. The van der Waals surface area contributed by atoms with Crippen LogP contribution < -0.4 is 4.89 Å². The Morgan fingerprint density at radius 1 is 0.360 bits per heavy atom. The summed E-state index contributed by atoms with van der Waals surface area (Å²) < 4.78 is 34.3. The highest BCUT2D eigenvalue weighted by Gasteiger charge is 2.22. The maximum absolute atomic E-state index is 12.9. The van der Waals surface area contributed by atoms with E-state index in [0.717, 1.165) is 141 Å². The first-order valence-corrected chi connectivity index (χ1v) is 35.3. The molecule has 0 heterocycles. The van der Waals surface area contributed by atoms with E-state index in [1.54, 1.807) is 0 Å². The molecule has 10 heteroatoms. The number of carbonyl (C=O) groups excluding carboxylic acids is 2. The van der Waals surface area contributed by atoms with E-state index < -0.39 is 32.5 Å². The van der Waals surface area contributed by atoms with Gasteiger partial charge in [0, 0.05) is 12.8 Å². The molecule has 0 saturated heterocycles. The van der Waals surface area contributed by atoms with Gasteiger partial charge in [-0.25, -0.2) is 0 Å². The second-order valence-electron chi connectivity index (χ2n) is 23.1. The molecular formula is C76H124NO8P. The Morgan fingerprint density at radius 3 is 0.930 bits per heavy atom. The Bertz CT molecular complexity index is 2060. The first kappa shape index (κ1) is 81.4. The van der Waals surface area contributed by atoms with Crippen LogP contribution in [0, 0.1) is 0 Å². The molecule has 0 amide bonds. The van der Waals surface area contributed by atoms with Crippen molar-refractivity contribution in [3.63, 3.8) is 0 Å². The number of hydrogen-bond acceptors (Lipinski definition) is 8. The van der Waals surface area contributed by atoms with Crippen molar-refractivity contribution >= 4 is 19.8 Å². The number of nitrogens with zero attached hydrogens (tertiary/aromatic N) is 1. The lowest BCUT2D eigenvalue weighted by Gasteiger charge is -2.28. The number of ether oxygens (including phenoxy) is 2. The fourth-order valence-corrected chi connectivity index (χ4v) is 9.35. The van der Waals surface area contributed by atoms with Crippen LogP contribution in [-0.4, -0.2) is 70.0 Å². The third-order valence-electron chi connectivity index (χ3n) is 13.7. The highest BCUT2D eigenvalue weighted by atomic mass is 31.2. The smallest absolute Gasteiger partial charge is 0.306 e. The lowest BCUT2D eigenvalue weighted by Crippen LogP contribution is -2.37. The van der Waals surface area contributed by atoms with Crippen molar-refractivity contribution in [2.24, 2.45) is 0 Å². The summed E-state index contributed by atoms with van der Waals surface area (Å²) in [7, 11) is 1.14. The number of phosphoric acid groups is 1. The summed E-state index contributed by atoms with van der Waals surface area (Å²) in [5, 5.41) is 0. The number of allylic oxidation sites excluding steroid dienone is 28. The minimum atomic E-state index is -4.66. The summed E-state index contributed by atoms with van der Waals surface area (Å²) in [5.74, 6) is -0.858. The van der Waals surface area contributed by atoms with Crippen molar-refractivity contribution in [1.29, 1.82) is 0 Å². The number of carbonyl (C=O) groups is 2. The molecule has 0 saturated carbocycles. The van der Waals surface area contributed by atoms with Crippen LogP contribution in [-0.2, 0) is 32.7 Å². The molecular weight excluding hydrogens is 1090 g/mol. The predicted molar refractivity (Wildman–Crippen MR) is 369 cm³/mol. The van der Waals surface area contributed by atoms with Crippen LogP contribution in [0.3, 0.4) is 0 Å². The quantitative estimate of drug-likeness (QED) is 0.0195. The molecule has 0 aliphatic rings. The van der Waals surface area contributed by atoms with Crippen molar-refractivity contribution in [3.05, 3.63) is 170 Å². The van der Waals surface area contributed by atoms with Crippen LogP contribution in [0.2, 0.25) is 0 Å². The summed E-state index contributed by atoms with van der Waals surface area (Å²) in [6.45, 7) is 3.98. The second-order valence-corrected chi connectivity index (χ2v) is 24.5. The predicted octanol–water partition coefficient (Wildman–Crippen LogP) is 21.5. The van der Waals surface area contributed by atoms with Crippen molar-refractivity contribution in [1.82, 2.24) is 0 Å². The first-order valence-electron chi connectivity index (χ1n) is 33.8. The van der Waals surface area contributed by atoms with Crippen molar-refractivity contribution < 1.29 is 42.1 Å². The van der Waals surface area contributed by atoms with Crippen LogP contribution >= 0.6 is 7.82 Å². The number of likely N-dealkylation sites (N-methyl/N-ethyl adjacent to an activating group) is 1. The molecule has 0 radical (unpaired) electrons. The monoisotopic (exact) mass is 1210 g/mol. The summed E-state index contributed by atoms with van der Waals surface area (Å²) in [5.41, 5.74) is 0. The number of unbranched alkanes of at least 4 members (excludes halogenated alkanes) is 18. The van der Waals surface area contributed by atoms with Crippen LogP contribution in [0.4, 0.5) is 0 Å². The maximum atomic E-state index is 12.9. The highest BCUT2D eigenvalue weighted by molar-refractivity contribution is 7.45. The Morgan fingerprint density at radius 2 is 0.628 bits per heavy atom. The SMILES string of the molecule is CC/C=C\C/C=C\C/C=C\C/C=C\C/C=C\C/C=C\C/C=C\C/C=C\CCCCCCCCCCCCC(=O)OC(COC(=O)CCCCCCCCCC/C=C\C/C=C\C/C=C\C/C=C\C/C=C\C/C=C\CC)COP(=O)([O-])OCC[N+](C)(C)C. The number of rotatable bonds is 60. The molecule has 0 aliphatic carbocycles. The standard InChI is InChI=1S/C76H124NO8P/c1-6-8-10-12-14-16-18-20-22-24-26-28-30-32-34-35-36-37-38-39-40-41-43-45-47-49-51-53-55-57-59-61-63-65-67-69-76(79)85-74(73-84-86(80,81)83-71-70-77(3,4)5)72-82-75(78)68-66-64-62-60-58-56-54-52-50-48-46-44-42-33-31-29-27-25-23-21-19-17-15-13-11-9-7-2/h8-11,14-17,20-23,26-29,32-34,36-37,39-40,42-43,45-46,48,74H,6-7,12-13,18-19,24-25,30-31,35,38,41,44,47,49-73H2,1-5H3/b10-8-,11-9-,16-14-,17-15-,22-20-,23-21-,28-26-,29-27-,34-32-,37-36-,40-39-,42-33-,45-43-,48-46-. The van der Waals surface area contributed by atoms with E-state index in [4.69, 9.17) is 18.5 Å². The lowest BCUT2D eigenvalue weighted by molar-refractivity contribution is -0.870. The van der Waals surface area contributed by atoms with E-state index in [9.17, 15) is 19.0 Å². The molecule has 2 unspecified atom stereocenters. The largest absolute Gasteiger partial charge is 0.756 e. The van der Waals surface area contributed by atoms with Gasteiger partial charge in [-0.1, -0.05) is 274 Å². The number of hydrogen-bond donors (Lipinski definition) is 0. The van der Waals surface area contributed by atoms with Gasteiger partial charge in [-0.15, -0.1) is 0 Å². The van der Waals surface area contributed by atoms with Gasteiger partial charge in [-0.05, 0) is 128 Å². The Hall–Kier alpha value is -4.63. The van der Waals surface area contributed by atoms with Gasteiger partial charge in [0.2, 0.25) is 0 Å². The average Bonchev–Trinajstić information content (AvgIpc) is 3.56. The fourth-order valence-electron chi connectivity index (χ4n) is 8.62. The van der Waals surface area contributed by atoms with E-state index in [1.165, 1.54) is 64.2 Å². The van der Waals surface area contributed by atoms with Gasteiger partial charge in [0.05, 0.1) is 27.7 Å². The molecule has 0 N–H and O–H groups in total. The molecule has 0 aromatic rings. The van der Waals surface area contributed by atoms with E-state index in [2.05, 4.69) is 184 Å². The topological polar surface area (TPSA) is 111 Å². The molecule has 486 valence electrons. The molecule has 0 bridgehead atoms. The number of esters is 2. The molecule has 0 rings (SSSR count). The lowest BCUT2D eigenvalue weighted by atomic mass is 10.0. The molecule has 2 atom stereocenters. The van der Waals surface area contributed by atoms with Crippen LogP contribution in [0.1, 0.15) is 245 Å². The zero-order valence-electron chi connectivity index (χ0n) is 55.2. The maximum Gasteiger partial charge on any atom is 0.306 e. The van der Waals surface area contributed by atoms with E-state index >= 15 is 0 Å². The van der Waals surface area contributed by atoms with E-state index in [1.807, 2.05) is 21.1 Å². The summed E-state index contributed by atoms with van der Waals surface area (Å²) >= 11 is 0. The fraction of sp³-hybridized carbons (Fsp3) is 0.605. The second kappa shape index (κ2) is 64.8. The summed E-state index contributed by atoms with van der Waals surface area (Å²) in [4.78, 5) is 38.1. The zero-order chi connectivity index (χ0) is 62.6. The molecule has 0 aliphatic heterocycles. The third kappa shape index (κ3) is 68.5. The average molecular weight is 1210 g/mol. The van der Waals surface area contributed by atoms with Gasteiger partial charge >= 0.3 is 11.9 Å². The van der Waals surface area contributed by atoms with Crippen molar-refractivity contribution in [3.8, 4) is 0 Å².